The minimum absolute atomic E-state index is 0.168. The molecule has 1 nitrogen and oxygen atoms in total. The van der Waals surface area contributed by atoms with Crippen LogP contribution in [0, 0.1) is 0 Å². The molecular formula is C14H14Cl3NS. The van der Waals surface area contributed by atoms with Crippen LogP contribution in [0.2, 0.25) is 14.4 Å². The predicted molar refractivity (Wildman–Crippen MR) is 85.9 cm³/mol. The molecule has 0 saturated heterocycles. The molecule has 0 aliphatic heterocycles. The number of hydrogen-bond acceptors (Lipinski definition) is 2. The third-order valence-electron chi connectivity index (χ3n) is 2.88. The van der Waals surface area contributed by atoms with Gasteiger partial charge in [0.05, 0.1) is 4.34 Å². The van der Waals surface area contributed by atoms with Gasteiger partial charge >= 0.3 is 0 Å². The summed E-state index contributed by atoms with van der Waals surface area (Å²) in [5.74, 6) is 0. The number of hydrogen-bond donors (Lipinski definition) is 1. The summed E-state index contributed by atoms with van der Waals surface area (Å²) in [5, 5.41) is 4.89. The lowest BCUT2D eigenvalue weighted by atomic mass is 10.1. The Bertz CT molecular complexity index is 553. The third kappa shape index (κ3) is 4.37. The summed E-state index contributed by atoms with van der Waals surface area (Å²) in [6, 6.07) is 9.69. The highest BCUT2D eigenvalue weighted by Gasteiger charge is 2.09. The molecular weight excluding hydrogens is 321 g/mol. The summed E-state index contributed by atoms with van der Waals surface area (Å²) in [4.78, 5) is 1.28. The van der Waals surface area contributed by atoms with Crippen molar-refractivity contribution in [3.8, 4) is 0 Å². The van der Waals surface area contributed by atoms with Crippen molar-refractivity contribution in [3.05, 3.63) is 55.2 Å². The van der Waals surface area contributed by atoms with Crippen LogP contribution in [-0.4, -0.2) is 6.54 Å². The van der Waals surface area contributed by atoms with Gasteiger partial charge in [-0.3, -0.25) is 0 Å². The summed E-state index contributed by atoms with van der Waals surface area (Å²) in [7, 11) is 0. The van der Waals surface area contributed by atoms with Gasteiger partial charge in [0.2, 0.25) is 0 Å². The van der Waals surface area contributed by atoms with E-state index in [1.54, 1.807) is 17.4 Å². The minimum atomic E-state index is 0.168. The number of halogens is 3. The molecule has 1 N–H and O–H groups in total. The van der Waals surface area contributed by atoms with E-state index in [1.165, 1.54) is 4.88 Å². The van der Waals surface area contributed by atoms with Crippen LogP contribution in [0.25, 0.3) is 0 Å². The van der Waals surface area contributed by atoms with E-state index in [1.807, 2.05) is 18.2 Å². The van der Waals surface area contributed by atoms with E-state index in [2.05, 4.69) is 18.3 Å². The van der Waals surface area contributed by atoms with Gasteiger partial charge in [-0.1, -0.05) is 34.8 Å². The highest BCUT2D eigenvalue weighted by Crippen LogP contribution is 2.26. The largest absolute Gasteiger partial charge is 0.310 e. The van der Waals surface area contributed by atoms with E-state index in [0.29, 0.717) is 5.02 Å². The van der Waals surface area contributed by atoms with Crippen molar-refractivity contribution < 1.29 is 0 Å². The van der Waals surface area contributed by atoms with E-state index in [0.717, 1.165) is 27.9 Å². The van der Waals surface area contributed by atoms with Gasteiger partial charge < -0.3 is 5.32 Å². The molecule has 0 radical (unpaired) electrons. The highest BCUT2D eigenvalue weighted by atomic mass is 35.5. The lowest BCUT2D eigenvalue weighted by Crippen LogP contribution is -2.21. The minimum Gasteiger partial charge on any atom is -0.310 e. The van der Waals surface area contributed by atoms with Crippen molar-refractivity contribution in [1.82, 2.24) is 5.32 Å². The summed E-state index contributed by atoms with van der Waals surface area (Å²) in [6.45, 7) is 2.96. The molecule has 5 heteroatoms. The fourth-order valence-electron chi connectivity index (χ4n) is 1.85. The van der Waals surface area contributed by atoms with Crippen LogP contribution in [0.4, 0.5) is 0 Å². The van der Waals surface area contributed by atoms with E-state index in [-0.39, 0.29) is 6.04 Å². The van der Waals surface area contributed by atoms with Gasteiger partial charge in [-0.2, -0.15) is 0 Å². The second kappa shape index (κ2) is 6.96. The Morgan fingerprint density at radius 3 is 2.63 bits per heavy atom. The molecule has 1 unspecified atom stereocenters. The zero-order valence-corrected chi connectivity index (χ0v) is 13.5. The average molecular weight is 335 g/mol. The van der Waals surface area contributed by atoms with Crippen molar-refractivity contribution >= 4 is 46.1 Å². The van der Waals surface area contributed by atoms with Crippen molar-refractivity contribution in [2.75, 3.05) is 6.54 Å². The van der Waals surface area contributed by atoms with E-state index >= 15 is 0 Å². The Morgan fingerprint density at radius 2 is 1.95 bits per heavy atom. The fraction of sp³-hybridized carbons (Fsp3) is 0.286. The zero-order valence-electron chi connectivity index (χ0n) is 10.4. The number of rotatable bonds is 5. The molecule has 0 aliphatic carbocycles. The molecule has 0 spiro atoms. The quantitative estimate of drug-likeness (QED) is 0.750. The molecule has 0 saturated carbocycles. The lowest BCUT2D eigenvalue weighted by molar-refractivity contribution is 0.579. The molecule has 1 atom stereocenters. The van der Waals surface area contributed by atoms with Crippen LogP contribution in [0.1, 0.15) is 23.4 Å². The topological polar surface area (TPSA) is 12.0 Å². The molecule has 0 fully saturated rings. The normalized spacial score (nSPS) is 12.6. The zero-order chi connectivity index (χ0) is 13.8. The Balaban J connectivity index is 1.90. The highest BCUT2D eigenvalue weighted by molar-refractivity contribution is 7.16. The van der Waals surface area contributed by atoms with Gasteiger partial charge in [-0.15, -0.1) is 11.3 Å². The van der Waals surface area contributed by atoms with Gasteiger partial charge in [0.25, 0.3) is 0 Å². The standard InChI is InChI=1S/C14H14Cl3NS/c1-9(12-8-10(15)2-4-13(12)16)18-7-6-11-3-5-14(17)19-11/h2-5,8-9,18H,6-7H2,1H3. The molecule has 102 valence electrons. The Morgan fingerprint density at radius 1 is 1.16 bits per heavy atom. The smallest absolute Gasteiger partial charge is 0.0931 e. The molecule has 0 aliphatic rings. The van der Waals surface area contributed by atoms with Crippen LogP contribution in [-0.2, 0) is 6.42 Å². The van der Waals surface area contributed by atoms with Gasteiger partial charge in [-0.05, 0) is 49.2 Å². The lowest BCUT2D eigenvalue weighted by Gasteiger charge is -2.15. The summed E-state index contributed by atoms with van der Waals surface area (Å²) >= 11 is 19.7. The van der Waals surface area contributed by atoms with Gasteiger partial charge in [-0.25, -0.2) is 0 Å². The fourth-order valence-corrected chi connectivity index (χ4v) is 3.40. The number of nitrogens with one attached hydrogen (secondary N) is 1. The maximum atomic E-state index is 6.18. The SMILES string of the molecule is CC(NCCc1ccc(Cl)s1)c1cc(Cl)ccc1Cl. The monoisotopic (exact) mass is 333 g/mol. The molecule has 2 aromatic rings. The molecule has 0 amide bonds. The molecule has 1 aromatic carbocycles. The summed E-state index contributed by atoms with van der Waals surface area (Å²) in [5.41, 5.74) is 1.03. The second-order valence-corrected chi connectivity index (χ2v) is 6.94. The maximum absolute atomic E-state index is 6.18. The first-order valence-corrected chi connectivity index (χ1v) is 7.94. The first kappa shape index (κ1) is 15.1. The Kier molecular flexibility index (Phi) is 5.55. The molecule has 0 bridgehead atoms. The van der Waals surface area contributed by atoms with Gasteiger partial charge in [0.1, 0.15) is 0 Å². The first-order valence-electron chi connectivity index (χ1n) is 5.99. The molecule has 1 heterocycles. The van der Waals surface area contributed by atoms with E-state index < -0.39 is 0 Å². The van der Waals surface area contributed by atoms with Crippen LogP contribution in [0.3, 0.4) is 0 Å². The Labute approximate surface area is 132 Å². The number of benzene rings is 1. The maximum Gasteiger partial charge on any atom is 0.0931 e. The predicted octanol–water partition coefficient (Wildman–Crippen LogP) is 5.60. The average Bonchev–Trinajstić information content (AvgIpc) is 2.78. The van der Waals surface area contributed by atoms with Gasteiger partial charge in [0, 0.05) is 27.5 Å². The van der Waals surface area contributed by atoms with Crippen molar-refractivity contribution in [2.45, 2.75) is 19.4 Å². The van der Waals surface area contributed by atoms with Crippen molar-refractivity contribution in [1.29, 1.82) is 0 Å². The first-order chi connectivity index (χ1) is 9.06. The van der Waals surface area contributed by atoms with E-state index in [4.69, 9.17) is 34.8 Å². The summed E-state index contributed by atoms with van der Waals surface area (Å²) < 4.78 is 0.834. The van der Waals surface area contributed by atoms with Crippen LogP contribution < -0.4 is 5.32 Å². The second-order valence-electron chi connectivity index (χ2n) is 4.30. The van der Waals surface area contributed by atoms with Crippen molar-refractivity contribution in [2.24, 2.45) is 0 Å². The van der Waals surface area contributed by atoms with Crippen LogP contribution in [0.15, 0.2) is 30.3 Å². The summed E-state index contributed by atoms with van der Waals surface area (Å²) in [6.07, 6.45) is 0.958. The Hall–Kier alpha value is -0.250. The molecule has 1 aromatic heterocycles. The molecule has 2 rings (SSSR count). The third-order valence-corrected chi connectivity index (χ3v) is 4.75. The van der Waals surface area contributed by atoms with E-state index in [9.17, 15) is 0 Å². The van der Waals surface area contributed by atoms with Crippen LogP contribution in [0.5, 0.6) is 0 Å². The van der Waals surface area contributed by atoms with Crippen molar-refractivity contribution in [3.63, 3.8) is 0 Å². The van der Waals surface area contributed by atoms with Gasteiger partial charge in [0.15, 0.2) is 0 Å². The van der Waals surface area contributed by atoms with Crippen LogP contribution >= 0.6 is 46.1 Å². The molecule has 19 heavy (non-hydrogen) atoms. The number of thiophene rings is 1.